The predicted molar refractivity (Wildman–Crippen MR) is 79.9 cm³/mol. The maximum Gasteiger partial charge on any atom is 0.251 e. The first kappa shape index (κ1) is 15.0. The first-order valence-electron chi connectivity index (χ1n) is 7.59. The van der Waals surface area contributed by atoms with E-state index in [0.717, 1.165) is 19.4 Å². The Labute approximate surface area is 129 Å². The van der Waals surface area contributed by atoms with Crippen LogP contribution in [0.4, 0.5) is 0 Å². The van der Waals surface area contributed by atoms with Crippen molar-refractivity contribution in [2.24, 2.45) is 0 Å². The Morgan fingerprint density at radius 1 is 1.32 bits per heavy atom. The average Bonchev–Trinajstić information content (AvgIpc) is 3.08. The molecule has 0 aliphatic carbocycles. The molecule has 1 amide bonds. The van der Waals surface area contributed by atoms with E-state index in [4.69, 9.17) is 18.9 Å². The van der Waals surface area contributed by atoms with Gasteiger partial charge in [0.15, 0.2) is 11.5 Å². The minimum Gasteiger partial charge on any atom is -0.493 e. The van der Waals surface area contributed by atoms with Gasteiger partial charge in [-0.15, -0.1) is 0 Å². The van der Waals surface area contributed by atoms with Gasteiger partial charge < -0.3 is 24.3 Å². The summed E-state index contributed by atoms with van der Waals surface area (Å²) in [4.78, 5) is 12.4. The summed E-state index contributed by atoms with van der Waals surface area (Å²) in [5.41, 5.74) is 0.492. The molecule has 2 aliphatic rings. The number of ether oxygens (including phenoxy) is 4. The van der Waals surface area contributed by atoms with Crippen LogP contribution in [0.2, 0.25) is 0 Å². The Kier molecular flexibility index (Phi) is 4.38. The Bertz CT molecular complexity index is 536. The summed E-state index contributed by atoms with van der Waals surface area (Å²) in [6.45, 7) is 3.67. The molecule has 1 aromatic rings. The number of hydrogen-bond donors (Lipinski definition) is 1. The smallest absolute Gasteiger partial charge is 0.251 e. The number of methoxy groups -OCH3 is 1. The van der Waals surface area contributed by atoms with Gasteiger partial charge in [-0.2, -0.15) is 0 Å². The van der Waals surface area contributed by atoms with Crippen LogP contribution in [0, 0.1) is 0 Å². The van der Waals surface area contributed by atoms with Gasteiger partial charge in [0.2, 0.25) is 5.75 Å². The molecule has 0 bridgehead atoms. The number of nitrogens with one attached hydrogen (secondary N) is 1. The van der Waals surface area contributed by atoms with E-state index in [1.54, 1.807) is 19.2 Å². The molecule has 0 saturated carbocycles. The second-order valence-corrected chi connectivity index (χ2v) is 5.52. The summed E-state index contributed by atoms with van der Waals surface area (Å²) >= 11 is 0. The van der Waals surface area contributed by atoms with E-state index in [-0.39, 0.29) is 18.1 Å². The standard InChI is InChI=1S/C16H21NO5/c1-10(12-4-3-5-20-12)17-16(18)11-8-13(19-2)15-14(9-11)21-6-7-22-15/h8-10,12H,3-7H2,1-2H3,(H,17,18)/t10-,12-/m1/s1. The van der Waals surface area contributed by atoms with Gasteiger partial charge in [0.25, 0.3) is 5.91 Å². The summed E-state index contributed by atoms with van der Waals surface area (Å²) in [5.74, 6) is 1.43. The molecular weight excluding hydrogens is 286 g/mol. The number of carbonyl (C=O) groups is 1. The van der Waals surface area contributed by atoms with Crippen molar-refractivity contribution in [3.8, 4) is 17.2 Å². The maximum atomic E-state index is 12.4. The van der Waals surface area contributed by atoms with Crippen LogP contribution >= 0.6 is 0 Å². The molecule has 3 rings (SSSR count). The van der Waals surface area contributed by atoms with Gasteiger partial charge in [-0.1, -0.05) is 0 Å². The Morgan fingerprint density at radius 2 is 2.14 bits per heavy atom. The summed E-state index contributed by atoms with van der Waals surface area (Å²) < 4.78 is 22.0. The zero-order valence-electron chi connectivity index (χ0n) is 12.9. The van der Waals surface area contributed by atoms with E-state index in [0.29, 0.717) is 36.0 Å². The third kappa shape index (κ3) is 2.97. The molecule has 2 heterocycles. The first-order chi connectivity index (χ1) is 10.7. The molecule has 0 unspecified atom stereocenters. The lowest BCUT2D eigenvalue weighted by Gasteiger charge is -2.23. The quantitative estimate of drug-likeness (QED) is 0.918. The molecule has 2 atom stereocenters. The zero-order valence-corrected chi connectivity index (χ0v) is 12.9. The second kappa shape index (κ2) is 6.44. The number of benzene rings is 1. The SMILES string of the molecule is COc1cc(C(=O)N[C@H](C)[C@H]2CCCO2)cc2c1OCCO2. The van der Waals surface area contributed by atoms with E-state index in [9.17, 15) is 4.79 Å². The highest BCUT2D eigenvalue weighted by Crippen LogP contribution is 2.40. The minimum atomic E-state index is -0.168. The van der Waals surface area contributed by atoms with Crippen molar-refractivity contribution in [2.45, 2.75) is 31.9 Å². The summed E-state index contributed by atoms with van der Waals surface area (Å²) in [6, 6.07) is 3.33. The molecule has 2 aliphatic heterocycles. The van der Waals surface area contributed by atoms with Crippen LogP contribution < -0.4 is 19.5 Å². The molecule has 1 aromatic carbocycles. The van der Waals surface area contributed by atoms with Crippen molar-refractivity contribution >= 4 is 5.91 Å². The molecule has 6 heteroatoms. The number of fused-ring (bicyclic) bond motifs is 1. The molecule has 120 valence electrons. The Balaban J connectivity index is 1.77. The van der Waals surface area contributed by atoms with Crippen LogP contribution in [-0.2, 0) is 4.74 Å². The largest absolute Gasteiger partial charge is 0.493 e. The van der Waals surface area contributed by atoms with E-state index >= 15 is 0 Å². The third-order valence-electron chi connectivity index (χ3n) is 3.97. The van der Waals surface area contributed by atoms with Gasteiger partial charge in [-0.3, -0.25) is 4.79 Å². The number of carbonyl (C=O) groups excluding carboxylic acids is 1. The fourth-order valence-corrected chi connectivity index (χ4v) is 2.78. The van der Waals surface area contributed by atoms with Gasteiger partial charge in [0.1, 0.15) is 13.2 Å². The van der Waals surface area contributed by atoms with E-state index in [2.05, 4.69) is 5.32 Å². The molecule has 0 radical (unpaired) electrons. The van der Waals surface area contributed by atoms with Crippen LogP contribution in [-0.4, -0.2) is 45.0 Å². The summed E-state index contributed by atoms with van der Waals surface area (Å²) in [5, 5.41) is 2.98. The molecule has 0 aromatic heterocycles. The van der Waals surface area contributed by atoms with Crippen molar-refractivity contribution in [3.63, 3.8) is 0 Å². The molecular formula is C16H21NO5. The molecule has 6 nitrogen and oxygen atoms in total. The highest BCUT2D eigenvalue weighted by molar-refractivity contribution is 5.95. The Morgan fingerprint density at radius 3 is 2.86 bits per heavy atom. The van der Waals surface area contributed by atoms with Crippen LogP contribution in [0.25, 0.3) is 0 Å². The highest BCUT2D eigenvalue weighted by atomic mass is 16.6. The van der Waals surface area contributed by atoms with Gasteiger partial charge >= 0.3 is 0 Å². The topological polar surface area (TPSA) is 66.0 Å². The van der Waals surface area contributed by atoms with E-state index in [1.807, 2.05) is 6.92 Å². The minimum absolute atomic E-state index is 0.0332. The van der Waals surface area contributed by atoms with Crippen LogP contribution in [0.1, 0.15) is 30.1 Å². The third-order valence-corrected chi connectivity index (χ3v) is 3.97. The molecule has 1 fully saturated rings. The van der Waals surface area contributed by atoms with E-state index in [1.165, 1.54) is 0 Å². The zero-order chi connectivity index (χ0) is 15.5. The fourth-order valence-electron chi connectivity index (χ4n) is 2.78. The van der Waals surface area contributed by atoms with Gasteiger partial charge in [0, 0.05) is 12.2 Å². The van der Waals surface area contributed by atoms with Crippen molar-refractivity contribution in [3.05, 3.63) is 17.7 Å². The number of amides is 1. The predicted octanol–water partition coefficient (Wildman–Crippen LogP) is 1.76. The van der Waals surface area contributed by atoms with Crippen molar-refractivity contribution in [1.82, 2.24) is 5.32 Å². The van der Waals surface area contributed by atoms with E-state index < -0.39 is 0 Å². The van der Waals surface area contributed by atoms with Gasteiger partial charge in [0.05, 0.1) is 19.3 Å². The van der Waals surface area contributed by atoms with Gasteiger partial charge in [-0.05, 0) is 31.9 Å². The lowest BCUT2D eigenvalue weighted by atomic mass is 10.1. The second-order valence-electron chi connectivity index (χ2n) is 5.52. The van der Waals surface area contributed by atoms with Crippen LogP contribution in [0.3, 0.4) is 0 Å². The normalized spacial score (nSPS) is 21.3. The van der Waals surface area contributed by atoms with Crippen LogP contribution in [0.5, 0.6) is 17.2 Å². The molecule has 22 heavy (non-hydrogen) atoms. The lowest BCUT2D eigenvalue weighted by molar-refractivity contribution is 0.0711. The van der Waals surface area contributed by atoms with Gasteiger partial charge in [-0.25, -0.2) is 0 Å². The number of hydrogen-bond acceptors (Lipinski definition) is 5. The molecule has 1 saturated heterocycles. The average molecular weight is 307 g/mol. The first-order valence-corrected chi connectivity index (χ1v) is 7.59. The van der Waals surface area contributed by atoms with Crippen molar-refractivity contribution < 1.29 is 23.7 Å². The maximum absolute atomic E-state index is 12.4. The van der Waals surface area contributed by atoms with Crippen molar-refractivity contribution in [1.29, 1.82) is 0 Å². The summed E-state index contributed by atoms with van der Waals surface area (Å²) in [6.07, 6.45) is 2.11. The number of rotatable bonds is 4. The highest BCUT2D eigenvalue weighted by Gasteiger charge is 2.26. The Hall–Kier alpha value is -1.95. The molecule has 0 spiro atoms. The molecule has 1 N–H and O–H groups in total. The lowest BCUT2D eigenvalue weighted by Crippen LogP contribution is -2.40. The fraction of sp³-hybridized carbons (Fsp3) is 0.562. The van der Waals surface area contributed by atoms with Crippen molar-refractivity contribution in [2.75, 3.05) is 26.9 Å². The van der Waals surface area contributed by atoms with Crippen LogP contribution in [0.15, 0.2) is 12.1 Å². The summed E-state index contributed by atoms with van der Waals surface area (Å²) in [7, 11) is 1.55. The monoisotopic (exact) mass is 307 g/mol.